The first kappa shape index (κ1) is 16.4. The predicted octanol–water partition coefficient (Wildman–Crippen LogP) is 1.03. The molecule has 0 atom stereocenters. The molecule has 0 unspecified atom stereocenters. The Morgan fingerprint density at radius 3 is 2.75 bits per heavy atom. The Bertz CT molecular complexity index is 652. The van der Waals surface area contributed by atoms with Crippen LogP contribution in [-0.2, 0) is 16.1 Å². The average molecular weight is 332 g/mol. The van der Waals surface area contributed by atoms with Gasteiger partial charge in [0.05, 0.1) is 13.1 Å². The number of hydrogen-bond acceptors (Lipinski definition) is 4. The molecule has 2 fully saturated rings. The normalized spacial score (nSPS) is 18.9. The van der Waals surface area contributed by atoms with Gasteiger partial charge in [0.2, 0.25) is 11.6 Å². The van der Waals surface area contributed by atoms with E-state index >= 15 is 0 Å². The Kier molecular flexibility index (Phi) is 4.51. The van der Waals surface area contributed by atoms with E-state index in [2.05, 4.69) is 21.8 Å². The molecule has 0 bridgehead atoms. The van der Waals surface area contributed by atoms with Gasteiger partial charge in [-0.1, -0.05) is 12.6 Å². The number of nitrogens with zero attached hydrogens (tertiary/aromatic N) is 3. The number of halogens is 1. The first-order chi connectivity index (χ1) is 11.5. The minimum atomic E-state index is -2.02. The van der Waals surface area contributed by atoms with E-state index in [4.69, 9.17) is 0 Å². The number of alkyl halides is 1. The van der Waals surface area contributed by atoms with E-state index in [1.807, 2.05) is 6.07 Å². The summed E-state index contributed by atoms with van der Waals surface area (Å²) in [5.74, 6) is -0.202. The van der Waals surface area contributed by atoms with E-state index in [-0.39, 0.29) is 25.5 Å². The molecule has 24 heavy (non-hydrogen) atoms. The molecular formula is C17H21FN4O2. The number of hydrogen-bond donors (Lipinski definition) is 1. The van der Waals surface area contributed by atoms with Crippen LogP contribution < -0.4 is 10.2 Å². The SMILES string of the molecule is C=CC(=O)N1CC(F)(C(=O)NCc2cccnc2N2CCCC2)C1. The van der Waals surface area contributed by atoms with Crippen molar-refractivity contribution < 1.29 is 14.0 Å². The molecule has 2 aliphatic rings. The van der Waals surface area contributed by atoms with Crippen LogP contribution >= 0.6 is 0 Å². The Labute approximate surface area is 140 Å². The zero-order chi connectivity index (χ0) is 17.2. The number of aromatic nitrogens is 1. The van der Waals surface area contributed by atoms with Gasteiger partial charge in [-0.2, -0.15) is 0 Å². The Hall–Kier alpha value is -2.44. The molecule has 0 spiro atoms. The van der Waals surface area contributed by atoms with Crippen molar-refractivity contribution in [3.63, 3.8) is 0 Å². The Morgan fingerprint density at radius 1 is 1.38 bits per heavy atom. The molecule has 1 aromatic heterocycles. The fraction of sp³-hybridized carbons (Fsp3) is 0.471. The lowest BCUT2D eigenvalue weighted by Crippen LogP contribution is -2.67. The summed E-state index contributed by atoms with van der Waals surface area (Å²) < 4.78 is 14.5. The second kappa shape index (κ2) is 6.59. The van der Waals surface area contributed by atoms with Crippen molar-refractivity contribution in [3.8, 4) is 0 Å². The summed E-state index contributed by atoms with van der Waals surface area (Å²) in [5.41, 5.74) is -1.15. The van der Waals surface area contributed by atoms with Crippen LogP contribution in [0.3, 0.4) is 0 Å². The molecule has 1 aromatic rings. The largest absolute Gasteiger partial charge is 0.356 e. The summed E-state index contributed by atoms with van der Waals surface area (Å²) in [6, 6.07) is 3.69. The molecule has 0 aliphatic carbocycles. The third-order valence-corrected chi connectivity index (χ3v) is 4.49. The van der Waals surface area contributed by atoms with Crippen LogP contribution in [0, 0.1) is 0 Å². The second-order valence-electron chi connectivity index (χ2n) is 6.23. The Morgan fingerprint density at radius 2 is 2.08 bits per heavy atom. The number of nitrogens with one attached hydrogen (secondary N) is 1. The molecule has 128 valence electrons. The van der Waals surface area contributed by atoms with E-state index in [0.29, 0.717) is 0 Å². The highest BCUT2D eigenvalue weighted by molar-refractivity contribution is 5.93. The number of likely N-dealkylation sites (tertiary alicyclic amines) is 1. The lowest BCUT2D eigenvalue weighted by atomic mass is 9.95. The first-order valence-electron chi connectivity index (χ1n) is 8.11. The number of pyridine rings is 1. The molecule has 0 saturated carbocycles. The van der Waals surface area contributed by atoms with Gasteiger partial charge in [0, 0.05) is 31.4 Å². The third kappa shape index (κ3) is 3.11. The Balaban J connectivity index is 1.59. The van der Waals surface area contributed by atoms with Crippen molar-refractivity contribution in [3.05, 3.63) is 36.5 Å². The van der Waals surface area contributed by atoms with Gasteiger partial charge < -0.3 is 15.1 Å². The van der Waals surface area contributed by atoms with Crippen molar-refractivity contribution in [2.75, 3.05) is 31.1 Å². The van der Waals surface area contributed by atoms with E-state index < -0.39 is 11.6 Å². The summed E-state index contributed by atoms with van der Waals surface area (Å²) in [4.78, 5) is 31.3. The molecule has 2 saturated heterocycles. The number of amides is 2. The minimum Gasteiger partial charge on any atom is -0.356 e. The van der Waals surface area contributed by atoms with Crippen LogP contribution in [0.1, 0.15) is 18.4 Å². The fourth-order valence-corrected chi connectivity index (χ4v) is 3.10. The fourth-order valence-electron chi connectivity index (χ4n) is 3.10. The molecule has 1 N–H and O–H groups in total. The zero-order valence-corrected chi connectivity index (χ0v) is 13.5. The number of rotatable bonds is 5. The highest BCUT2D eigenvalue weighted by Crippen LogP contribution is 2.27. The van der Waals surface area contributed by atoms with Crippen LogP contribution in [0.25, 0.3) is 0 Å². The van der Waals surface area contributed by atoms with E-state index in [0.717, 1.165) is 43.4 Å². The molecule has 3 heterocycles. The van der Waals surface area contributed by atoms with E-state index in [1.165, 1.54) is 4.90 Å². The lowest BCUT2D eigenvalue weighted by Gasteiger charge is -2.42. The molecular weight excluding hydrogens is 311 g/mol. The maximum atomic E-state index is 14.5. The smallest absolute Gasteiger partial charge is 0.261 e. The average Bonchev–Trinajstić information content (AvgIpc) is 3.10. The highest BCUT2D eigenvalue weighted by atomic mass is 19.1. The molecule has 0 aromatic carbocycles. The van der Waals surface area contributed by atoms with Gasteiger partial charge in [-0.25, -0.2) is 9.37 Å². The van der Waals surface area contributed by atoms with Crippen molar-refractivity contribution >= 4 is 17.6 Å². The third-order valence-electron chi connectivity index (χ3n) is 4.49. The molecule has 0 radical (unpaired) electrons. The summed E-state index contributed by atoms with van der Waals surface area (Å²) in [6.07, 6.45) is 5.10. The highest BCUT2D eigenvalue weighted by Gasteiger charge is 2.51. The molecule has 7 heteroatoms. The van der Waals surface area contributed by atoms with Gasteiger partial charge in [-0.05, 0) is 25.0 Å². The van der Waals surface area contributed by atoms with Crippen LogP contribution in [0.5, 0.6) is 0 Å². The van der Waals surface area contributed by atoms with Gasteiger partial charge in [0.25, 0.3) is 5.91 Å². The van der Waals surface area contributed by atoms with Crippen molar-refractivity contribution in [2.45, 2.75) is 25.1 Å². The predicted molar refractivity (Wildman–Crippen MR) is 88.1 cm³/mol. The van der Waals surface area contributed by atoms with Gasteiger partial charge in [0.15, 0.2) is 0 Å². The van der Waals surface area contributed by atoms with Crippen LogP contribution in [0.4, 0.5) is 10.2 Å². The van der Waals surface area contributed by atoms with Crippen molar-refractivity contribution in [2.24, 2.45) is 0 Å². The van der Waals surface area contributed by atoms with Gasteiger partial charge in [-0.15, -0.1) is 0 Å². The standard InChI is InChI=1S/C17H21FN4O2/c1-2-14(23)22-11-17(18,12-22)16(24)20-10-13-6-5-7-19-15(13)21-8-3-4-9-21/h2,5-7H,1,3-4,8-12H2,(H,20,24). The lowest BCUT2D eigenvalue weighted by molar-refractivity contribution is -0.153. The number of carbonyl (C=O) groups is 2. The summed E-state index contributed by atoms with van der Waals surface area (Å²) >= 11 is 0. The topological polar surface area (TPSA) is 65.5 Å². The van der Waals surface area contributed by atoms with E-state index in [9.17, 15) is 14.0 Å². The van der Waals surface area contributed by atoms with Gasteiger partial charge in [0.1, 0.15) is 5.82 Å². The summed E-state index contributed by atoms with van der Waals surface area (Å²) in [6.45, 7) is 5.02. The van der Waals surface area contributed by atoms with Crippen LogP contribution in [0.2, 0.25) is 0 Å². The zero-order valence-electron chi connectivity index (χ0n) is 13.5. The maximum Gasteiger partial charge on any atom is 0.261 e. The molecule has 6 nitrogen and oxygen atoms in total. The second-order valence-corrected chi connectivity index (χ2v) is 6.23. The van der Waals surface area contributed by atoms with E-state index in [1.54, 1.807) is 12.3 Å². The van der Waals surface area contributed by atoms with Crippen LogP contribution in [0.15, 0.2) is 31.0 Å². The number of anilines is 1. The monoisotopic (exact) mass is 332 g/mol. The number of carbonyl (C=O) groups excluding carboxylic acids is 2. The maximum absolute atomic E-state index is 14.5. The molecule has 2 aliphatic heterocycles. The van der Waals surface area contributed by atoms with Gasteiger partial charge >= 0.3 is 0 Å². The quantitative estimate of drug-likeness (QED) is 0.818. The summed E-state index contributed by atoms with van der Waals surface area (Å²) in [7, 11) is 0. The summed E-state index contributed by atoms with van der Waals surface area (Å²) in [5, 5.41) is 2.64. The minimum absolute atomic E-state index is 0.222. The van der Waals surface area contributed by atoms with Crippen molar-refractivity contribution in [1.29, 1.82) is 0 Å². The van der Waals surface area contributed by atoms with Crippen LogP contribution in [-0.4, -0.2) is 53.5 Å². The van der Waals surface area contributed by atoms with Gasteiger partial charge in [-0.3, -0.25) is 9.59 Å². The molecule has 3 rings (SSSR count). The van der Waals surface area contributed by atoms with Crippen molar-refractivity contribution in [1.82, 2.24) is 15.2 Å². The first-order valence-corrected chi connectivity index (χ1v) is 8.11. The molecule has 2 amide bonds.